The van der Waals surface area contributed by atoms with Crippen molar-refractivity contribution in [2.75, 3.05) is 16.8 Å². The molecule has 0 radical (unpaired) electrons. The van der Waals surface area contributed by atoms with Crippen molar-refractivity contribution in [3.8, 4) is 0 Å². The average molecular weight is 371 g/mol. The maximum atomic E-state index is 12.3. The number of benzene rings is 1. The van der Waals surface area contributed by atoms with Gasteiger partial charge in [-0.25, -0.2) is 0 Å². The van der Waals surface area contributed by atoms with E-state index in [1.165, 1.54) is 16.2 Å². The van der Waals surface area contributed by atoms with Crippen LogP contribution in [-0.4, -0.2) is 28.6 Å². The Labute approximate surface area is 146 Å². The van der Waals surface area contributed by atoms with Crippen molar-refractivity contribution in [2.45, 2.75) is 13.3 Å². The third-order valence-corrected chi connectivity index (χ3v) is 4.96. The smallest absolute Gasteiger partial charge is 0.231 e. The number of nitrogens with one attached hydrogen (secondary N) is 1. The molecular weight excluding hydrogens is 359 g/mol. The molecule has 1 saturated heterocycles. The van der Waals surface area contributed by atoms with Crippen molar-refractivity contribution >= 4 is 57.2 Å². The van der Waals surface area contributed by atoms with Gasteiger partial charge in [0, 0.05) is 18.7 Å². The molecule has 2 amide bonds. The number of hydrogen-bond donors (Lipinski definition) is 1. The van der Waals surface area contributed by atoms with Gasteiger partial charge in [0.25, 0.3) is 0 Å². The van der Waals surface area contributed by atoms with Crippen LogP contribution < -0.4 is 10.2 Å². The number of nitrogens with zero attached hydrogens (tertiary/aromatic N) is 3. The number of anilines is 2. The lowest BCUT2D eigenvalue weighted by Gasteiger charge is -2.17. The summed E-state index contributed by atoms with van der Waals surface area (Å²) >= 11 is 13.2. The minimum absolute atomic E-state index is 0.128. The molecule has 2 aromatic rings. The summed E-state index contributed by atoms with van der Waals surface area (Å²) in [5.74, 6) is -0.810. The fraction of sp³-hybridized carbons (Fsp3) is 0.286. The normalized spacial score (nSPS) is 17.6. The van der Waals surface area contributed by atoms with E-state index in [-0.39, 0.29) is 18.2 Å². The Morgan fingerprint density at radius 1 is 1.35 bits per heavy atom. The van der Waals surface area contributed by atoms with Crippen molar-refractivity contribution in [1.82, 2.24) is 10.2 Å². The van der Waals surface area contributed by atoms with Gasteiger partial charge < -0.3 is 10.2 Å². The van der Waals surface area contributed by atoms with Crippen molar-refractivity contribution in [1.29, 1.82) is 0 Å². The Hall–Kier alpha value is -1.70. The molecule has 0 aliphatic carbocycles. The molecule has 1 aliphatic heterocycles. The summed E-state index contributed by atoms with van der Waals surface area (Å²) in [5.41, 5.74) is 0.631. The van der Waals surface area contributed by atoms with E-state index < -0.39 is 5.92 Å². The topological polar surface area (TPSA) is 75.2 Å². The number of aromatic nitrogens is 2. The lowest BCUT2D eigenvalue weighted by molar-refractivity contribution is -0.122. The predicted octanol–water partition coefficient (Wildman–Crippen LogP) is 3.14. The zero-order valence-corrected chi connectivity index (χ0v) is 14.4. The lowest BCUT2D eigenvalue weighted by atomic mass is 10.1. The van der Waals surface area contributed by atoms with Gasteiger partial charge in [-0.15, -0.1) is 10.2 Å². The second-order valence-electron chi connectivity index (χ2n) is 5.12. The fourth-order valence-electron chi connectivity index (χ4n) is 2.34. The molecule has 0 bridgehead atoms. The number of halogens is 2. The Balaban J connectivity index is 1.71. The van der Waals surface area contributed by atoms with Gasteiger partial charge in [-0.05, 0) is 25.1 Å². The monoisotopic (exact) mass is 370 g/mol. The number of carbonyl (C=O) groups is 2. The summed E-state index contributed by atoms with van der Waals surface area (Å²) in [6.45, 7) is 2.10. The quantitative estimate of drug-likeness (QED) is 0.900. The highest BCUT2D eigenvalue weighted by molar-refractivity contribution is 7.15. The van der Waals surface area contributed by atoms with Gasteiger partial charge in [-0.1, -0.05) is 34.5 Å². The highest BCUT2D eigenvalue weighted by atomic mass is 35.5. The Morgan fingerprint density at radius 2 is 2.13 bits per heavy atom. The molecule has 0 saturated carbocycles. The van der Waals surface area contributed by atoms with Gasteiger partial charge in [0.05, 0.1) is 16.0 Å². The zero-order chi connectivity index (χ0) is 16.6. The van der Waals surface area contributed by atoms with Gasteiger partial charge in [-0.2, -0.15) is 0 Å². The third-order valence-electron chi connectivity index (χ3n) is 3.47. The lowest BCUT2D eigenvalue weighted by Crippen LogP contribution is -2.28. The van der Waals surface area contributed by atoms with Crippen LogP contribution in [0.25, 0.3) is 0 Å². The van der Waals surface area contributed by atoms with E-state index in [4.69, 9.17) is 23.2 Å². The maximum Gasteiger partial charge on any atom is 0.231 e. The summed E-state index contributed by atoms with van der Waals surface area (Å²) in [7, 11) is 0. The van der Waals surface area contributed by atoms with Gasteiger partial charge in [0.15, 0.2) is 0 Å². The molecule has 1 N–H and O–H groups in total. The number of hydrogen-bond acceptors (Lipinski definition) is 5. The predicted molar refractivity (Wildman–Crippen MR) is 90.2 cm³/mol. The summed E-state index contributed by atoms with van der Waals surface area (Å²) < 4.78 is 0. The van der Waals surface area contributed by atoms with E-state index in [0.29, 0.717) is 27.4 Å². The van der Waals surface area contributed by atoms with Crippen LogP contribution in [0.2, 0.25) is 10.0 Å². The van der Waals surface area contributed by atoms with E-state index in [1.807, 2.05) is 0 Å². The minimum atomic E-state index is -0.443. The molecule has 1 aliphatic rings. The van der Waals surface area contributed by atoms with Crippen LogP contribution in [0.1, 0.15) is 11.4 Å². The van der Waals surface area contributed by atoms with Crippen LogP contribution in [0.4, 0.5) is 10.8 Å². The number of rotatable bonds is 3. The van der Waals surface area contributed by atoms with Gasteiger partial charge >= 0.3 is 0 Å². The van der Waals surface area contributed by atoms with Crippen molar-refractivity contribution < 1.29 is 9.59 Å². The summed E-state index contributed by atoms with van der Waals surface area (Å²) in [6.07, 6.45) is 0.143. The maximum absolute atomic E-state index is 12.3. The summed E-state index contributed by atoms with van der Waals surface area (Å²) in [5, 5.41) is 12.4. The minimum Gasteiger partial charge on any atom is -0.312 e. The first kappa shape index (κ1) is 16.2. The third kappa shape index (κ3) is 3.46. The van der Waals surface area contributed by atoms with Gasteiger partial charge in [0.2, 0.25) is 16.9 Å². The molecule has 2 heterocycles. The summed E-state index contributed by atoms with van der Waals surface area (Å²) in [6, 6.07) is 4.96. The molecule has 1 fully saturated rings. The molecule has 1 aromatic heterocycles. The molecule has 6 nitrogen and oxygen atoms in total. The summed E-state index contributed by atoms with van der Waals surface area (Å²) in [4.78, 5) is 26.0. The van der Waals surface area contributed by atoms with Crippen LogP contribution in [0.15, 0.2) is 18.2 Å². The average Bonchev–Trinajstić information content (AvgIpc) is 3.08. The molecule has 0 spiro atoms. The second-order valence-corrected chi connectivity index (χ2v) is 7.12. The van der Waals surface area contributed by atoms with Crippen LogP contribution >= 0.6 is 34.5 Å². The fourth-order valence-corrected chi connectivity index (χ4v) is 3.23. The van der Waals surface area contributed by atoms with Gasteiger partial charge in [0.1, 0.15) is 5.01 Å². The molecule has 1 aromatic carbocycles. The largest absolute Gasteiger partial charge is 0.312 e. The van der Waals surface area contributed by atoms with Crippen molar-refractivity contribution in [3.05, 3.63) is 33.3 Å². The highest BCUT2D eigenvalue weighted by Gasteiger charge is 2.35. The molecular formula is C14H12Cl2N4O2S. The van der Waals surface area contributed by atoms with E-state index in [1.54, 1.807) is 25.1 Å². The highest BCUT2D eigenvalue weighted by Crippen LogP contribution is 2.31. The van der Waals surface area contributed by atoms with Crippen molar-refractivity contribution in [3.63, 3.8) is 0 Å². The first-order valence-electron chi connectivity index (χ1n) is 6.80. The molecule has 9 heteroatoms. The molecule has 1 atom stereocenters. The first-order chi connectivity index (χ1) is 10.9. The van der Waals surface area contributed by atoms with E-state index in [0.717, 1.165) is 5.01 Å². The molecule has 3 rings (SSSR count). The van der Waals surface area contributed by atoms with Gasteiger partial charge in [-0.3, -0.25) is 9.59 Å². The second kappa shape index (κ2) is 6.43. The van der Waals surface area contributed by atoms with E-state index >= 15 is 0 Å². The number of aryl methyl sites for hydroxylation is 1. The molecule has 0 unspecified atom stereocenters. The SMILES string of the molecule is Cc1nnc(NC(=O)[C@H]2CC(=O)N(c3ccc(Cl)c(Cl)c3)C2)s1. The van der Waals surface area contributed by atoms with Crippen LogP contribution in [0.5, 0.6) is 0 Å². The Morgan fingerprint density at radius 3 is 2.78 bits per heavy atom. The number of amides is 2. The Kier molecular flexibility index (Phi) is 4.52. The van der Waals surface area contributed by atoms with Crippen LogP contribution in [-0.2, 0) is 9.59 Å². The Bertz CT molecular complexity index is 780. The molecule has 120 valence electrons. The molecule has 23 heavy (non-hydrogen) atoms. The van der Waals surface area contributed by atoms with Crippen molar-refractivity contribution in [2.24, 2.45) is 5.92 Å². The van der Waals surface area contributed by atoms with E-state index in [2.05, 4.69) is 15.5 Å². The standard InChI is InChI=1S/C14H12Cl2N4O2S/c1-7-18-19-14(23-7)17-13(22)8-4-12(21)20(6-8)9-2-3-10(15)11(16)5-9/h2-3,5,8H,4,6H2,1H3,(H,17,19,22)/t8-/m0/s1. The number of carbonyl (C=O) groups excluding carboxylic acids is 2. The zero-order valence-electron chi connectivity index (χ0n) is 12.0. The first-order valence-corrected chi connectivity index (χ1v) is 8.37. The van der Waals surface area contributed by atoms with Crippen LogP contribution in [0.3, 0.4) is 0 Å². The van der Waals surface area contributed by atoms with Crippen LogP contribution in [0, 0.1) is 12.8 Å². The van der Waals surface area contributed by atoms with E-state index in [9.17, 15) is 9.59 Å².